The predicted octanol–water partition coefficient (Wildman–Crippen LogP) is 2.49. The normalized spacial score (nSPS) is 13.9. The molecule has 0 saturated carbocycles. The number of aliphatic imine (C=N–C) groups is 1. The first-order chi connectivity index (χ1) is 29.8. The van der Waals surface area contributed by atoms with Gasteiger partial charge in [-0.1, -0.05) is 90.9 Å². The maximum atomic E-state index is 13.9. The van der Waals surface area contributed by atoms with Crippen molar-refractivity contribution in [1.82, 2.24) is 16.0 Å². The lowest BCUT2D eigenvalue weighted by atomic mass is 9.89. The molecule has 13 N–H and O–H groups in total. The number of carboxylic acid groups (broad SMARTS) is 1. The van der Waals surface area contributed by atoms with Crippen molar-refractivity contribution in [1.29, 1.82) is 0 Å². The molecule has 0 fully saturated rings. The second-order valence-corrected chi connectivity index (χ2v) is 16.5. The minimum atomic E-state index is -1.49. The van der Waals surface area contributed by atoms with Crippen molar-refractivity contribution < 1.29 is 53.4 Å². The second-order valence-electron chi connectivity index (χ2n) is 16.5. The maximum Gasteiger partial charge on any atom is 0.305 e. The first-order valence-electron chi connectivity index (χ1n) is 22.8. The summed E-state index contributed by atoms with van der Waals surface area (Å²) in [5.74, 6) is -9.89. The van der Waals surface area contributed by atoms with Gasteiger partial charge in [0.1, 0.15) is 0 Å². The maximum absolute atomic E-state index is 13.9. The SMILES string of the molecule is CCCCCCCCCCCCCCCC(=O)N[C@@H](CC(=O)O)C(=O)CC(C(=O)N[C@@H](CCCN=C(N)N)C(=O)C[C@@H](CCC(N)=O)C(=O)NC(CCC(N)=O)C(=O)CC)[C@@H](C)O. The molecule has 0 spiro atoms. The highest BCUT2D eigenvalue weighted by Crippen LogP contribution is 2.20. The van der Waals surface area contributed by atoms with Gasteiger partial charge in [-0.3, -0.25) is 48.1 Å². The number of nitrogens with zero attached hydrogens (tertiary/aromatic N) is 1. The van der Waals surface area contributed by atoms with Crippen LogP contribution in [-0.4, -0.2) is 99.8 Å². The van der Waals surface area contributed by atoms with E-state index in [0.29, 0.717) is 6.42 Å². The monoisotopic (exact) mass is 895 g/mol. The summed E-state index contributed by atoms with van der Waals surface area (Å²) in [4.78, 5) is 119. The molecule has 0 saturated heterocycles. The topological polar surface area (TPSA) is 347 Å². The van der Waals surface area contributed by atoms with Crippen LogP contribution < -0.4 is 38.9 Å². The molecule has 0 aromatic rings. The Labute approximate surface area is 372 Å². The van der Waals surface area contributed by atoms with Crippen LogP contribution in [-0.2, 0) is 43.2 Å². The number of ketones is 3. The van der Waals surface area contributed by atoms with Crippen molar-refractivity contribution in [2.45, 2.75) is 199 Å². The zero-order valence-electron chi connectivity index (χ0n) is 38.0. The summed E-state index contributed by atoms with van der Waals surface area (Å²) in [6, 6.07) is -3.92. The lowest BCUT2D eigenvalue weighted by Gasteiger charge is -2.26. The van der Waals surface area contributed by atoms with E-state index < -0.39 is 108 Å². The molecule has 0 aliphatic carbocycles. The fourth-order valence-electron chi connectivity index (χ4n) is 7.09. The van der Waals surface area contributed by atoms with E-state index in [9.17, 15) is 53.4 Å². The Bertz CT molecular complexity index is 1490. The summed E-state index contributed by atoms with van der Waals surface area (Å²) in [7, 11) is 0. The van der Waals surface area contributed by atoms with Gasteiger partial charge in [-0.2, -0.15) is 0 Å². The van der Waals surface area contributed by atoms with Gasteiger partial charge in [-0.05, 0) is 39.0 Å². The lowest BCUT2D eigenvalue weighted by Crippen LogP contribution is -2.49. The van der Waals surface area contributed by atoms with Crippen LogP contribution >= 0.6 is 0 Å². The predicted molar refractivity (Wildman–Crippen MR) is 238 cm³/mol. The van der Waals surface area contributed by atoms with Gasteiger partial charge < -0.3 is 49.1 Å². The van der Waals surface area contributed by atoms with Crippen LogP contribution in [0, 0.1) is 11.8 Å². The summed E-state index contributed by atoms with van der Waals surface area (Å²) in [5.41, 5.74) is 21.4. The molecule has 0 bridgehead atoms. The number of carbonyl (C=O) groups excluding carboxylic acids is 8. The van der Waals surface area contributed by atoms with Gasteiger partial charge in [0.25, 0.3) is 0 Å². The fraction of sp³-hybridized carbons (Fsp3) is 0.773. The Morgan fingerprint density at radius 1 is 0.540 bits per heavy atom. The van der Waals surface area contributed by atoms with Crippen molar-refractivity contribution in [3.8, 4) is 0 Å². The number of amides is 5. The molecule has 2 unspecified atom stereocenters. The number of nitrogens with one attached hydrogen (secondary N) is 3. The van der Waals surface area contributed by atoms with E-state index in [1.54, 1.807) is 6.92 Å². The van der Waals surface area contributed by atoms with Crippen molar-refractivity contribution in [2.24, 2.45) is 39.8 Å². The van der Waals surface area contributed by atoms with Gasteiger partial charge in [0, 0.05) is 51.0 Å². The molecule has 63 heavy (non-hydrogen) atoms. The lowest BCUT2D eigenvalue weighted by molar-refractivity contribution is -0.141. The average molecular weight is 895 g/mol. The van der Waals surface area contributed by atoms with E-state index in [0.717, 1.165) is 25.7 Å². The number of primary amides is 2. The number of carboxylic acids is 1. The first-order valence-corrected chi connectivity index (χ1v) is 22.8. The summed E-state index contributed by atoms with van der Waals surface area (Å²) in [6.45, 7) is 5.05. The number of aliphatic carboxylic acids is 1. The van der Waals surface area contributed by atoms with Crippen LogP contribution in [0.25, 0.3) is 0 Å². The number of Topliss-reactive ketones (excluding diaryl/α,β-unsaturated/α-hetero) is 3. The molecule has 6 atom stereocenters. The van der Waals surface area contributed by atoms with Crippen LogP contribution in [0.5, 0.6) is 0 Å². The van der Waals surface area contributed by atoms with Gasteiger partial charge in [-0.15, -0.1) is 0 Å². The third kappa shape index (κ3) is 29.1. The van der Waals surface area contributed by atoms with Gasteiger partial charge in [0.05, 0.1) is 36.6 Å². The zero-order valence-corrected chi connectivity index (χ0v) is 38.0. The first kappa shape index (κ1) is 58.1. The number of hydrogen-bond acceptors (Lipinski definition) is 11. The van der Waals surface area contributed by atoms with Crippen LogP contribution in [0.2, 0.25) is 0 Å². The number of nitrogens with two attached hydrogens (primary N) is 4. The molecule has 0 aliphatic heterocycles. The summed E-state index contributed by atoms with van der Waals surface area (Å²) < 4.78 is 0. The number of carbonyl (C=O) groups is 9. The summed E-state index contributed by atoms with van der Waals surface area (Å²) >= 11 is 0. The smallest absolute Gasteiger partial charge is 0.305 e. The van der Waals surface area contributed by atoms with E-state index in [2.05, 4.69) is 27.9 Å². The molecule has 0 heterocycles. The highest BCUT2D eigenvalue weighted by atomic mass is 16.4. The second kappa shape index (κ2) is 34.5. The standard InChI is InChI=1S/C44H78N8O11/c1-4-6-7-8-9-10-11-12-13-14-15-16-17-20-40(59)50-34(28-41(60)61)37(56)27-31(29(3)53)43(63)52-32(19-18-25-49-44(47)48)36(55)26-30(21-23-38(45)57)42(62)51-33(35(54)5-2)22-24-39(46)58/h29-34,53H,4-28H2,1-3H3,(H2,45,57)(H2,46,58)(H,50,59)(H,51,62)(H,52,63)(H,60,61)(H4,47,48,49)/t29-,30-,31?,32+,33?,34+/m1/s1. The molecule has 5 amide bonds. The molecular weight excluding hydrogens is 817 g/mol. The molecule has 0 radical (unpaired) electrons. The van der Waals surface area contributed by atoms with Crippen LogP contribution in [0.4, 0.5) is 0 Å². The number of aliphatic hydroxyl groups excluding tert-OH is 1. The molecule has 0 rings (SSSR count). The molecule has 19 nitrogen and oxygen atoms in total. The highest BCUT2D eigenvalue weighted by molar-refractivity contribution is 5.97. The van der Waals surface area contributed by atoms with E-state index in [4.69, 9.17) is 22.9 Å². The molecule has 360 valence electrons. The zero-order chi connectivity index (χ0) is 47.7. The van der Waals surface area contributed by atoms with E-state index >= 15 is 0 Å². The Morgan fingerprint density at radius 3 is 1.52 bits per heavy atom. The fourth-order valence-corrected chi connectivity index (χ4v) is 7.09. The van der Waals surface area contributed by atoms with E-state index in [1.165, 1.54) is 58.3 Å². The van der Waals surface area contributed by atoms with Gasteiger partial charge >= 0.3 is 5.97 Å². The van der Waals surface area contributed by atoms with Gasteiger partial charge in [0.15, 0.2) is 23.3 Å². The molecule has 19 heteroatoms. The largest absolute Gasteiger partial charge is 0.481 e. The molecule has 0 aromatic carbocycles. The quantitative estimate of drug-likeness (QED) is 0.0243. The number of aliphatic hydroxyl groups is 1. The minimum Gasteiger partial charge on any atom is -0.481 e. The Morgan fingerprint density at radius 2 is 1.03 bits per heavy atom. The van der Waals surface area contributed by atoms with Crippen molar-refractivity contribution in [2.75, 3.05) is 6.54 Å². The third-order valence-corrected chi connectivity index (χ3v) is 10.9. The summed E-state index contributed by atoms with van der Waals surface area (Å²) in [6.07, 6.45) is 10.4. The minimum absolute atomic E-state index is 0.0222. The number of unbranched alkanes of at least 4 members (excludes halogenated alkanes) is 12. The highest BCUT2D eigenvalue weighted by Gasteiger charge is 2.35. The van der Waals surface area contributed by atoms with Crippen LogP contribution in [0.1, 0.15) is 175 Å². The molecule has 0 aromatic heterocycles. The van der Waals surface area contributed by atoms with Crippen molar-refractivity contribution in [3.63, 3.8) is 0 Å². The Hall–Kier alpha value is -4.94. The van der Waals surface area contributed by atoms with Crippen LogP contribution in [0.3, 0.4) is 0 Å². The third-order valence-electron chi connectivity index (χ3n) is 10.9. The van der Waals surface area contributed by atoms with Gasteiger partial charge in [-0.25, -0.2) is 0 Å². The molecule has 0 aliphatic rings. The van der Waals surface area contributed by atoms with Gasteiger partial charge in [0.2, 0.25) is 29.5 Å². The number of rotatable bonds is 40. The number of hydrogen-bond donors (Lipinski definition) is 9. The van der Waals surface area contributed by atoms with Crippen LogP contribution in [0.15, 0.2) is 4.99 Å². The number of guanidine groups is 1. The Kier molecular flexibility index (Phi) is 31.8. The average Bonchev–Trinajstić information content (AvgIpc) is 3.21. The van der Waals surface area contributed by atoms with Crippen molar-refractivity contribution in [3.05, 3.63) is 0 Å². The van der Waals surface area contributed by atoms with E-state index in [-0.39, 0.29) is 63.9 Å². The molecular formula is C44H78N8O11. The van der Waals surface area contributed by atoms with Crippen molar-refractivity contribution >= 4 is 58.8 Å². The Balaban J connectivity index is 5.82. The van der Waals surface area contributed by atoms with E-state index in [1.807, 2.05) is 0 Å². The summed E-state index contributed by atoms with van der Waals surface area (Å²) in [5, 5.41) is 27.8.